The first kappa shape index (κ1) is 36.4. The molecule has 284 valence electrons. The van der Waals surface area contributed by atoms with Crippen LogP contribution in [0.1, 0.15) is 38.8 Å². The summed E-state index contributed by atoms with van der Waals surface area (Å²) in [6.45, 7) is 9.69. The monoisotopic (exact) mass is 757 g/mol. The average molecular weight is 758 g/mol. The third-order valence-electron chi connectivity index (χ3n) is 13.2. The maximum absolute atomic E-state index is 2.47. The van der Waals surface area contributed by atoms with Crippen molar-refractivity contribution in [2.24, 2.45) is 0 Å². The first-order valence-electron chi connectivity index (χ1n) is 20.8. The molecule has 1 nitrogen and oxygen atoms in total. The van der Waals surface area contributed by atoms with Gasteiger partial charge in [-0.05, 0) is 137 Å². The number of fused-ring (bicyclic) bond motifs is 5. The molecule has 0 atom stereocenters. The van der Waals surface area contributed by atoms with E-state index in [1.807, 2.05) is 0 Å². The van der Waals surface area contributed by atoms with Crippen molar-refractivity contribution < 1.29 is 0 Å². The van der Waals surface area contributed by atoms with Crippen LogP contribution in [0.3, 0.4) is 0 Å². The summed E-state index contributed by atoms with van der Waals surface area (Å²) in [6, 6.07) is 77.8. The number of anilines is 3. The Labute approximate surface area is 348 Å². The highest BCUT2D eigenvalue weighted by atomic mass is 15.1. The molecule has 0 saturated heterocycles. The minimum atomic E-state index is -0.0969. The predicted octanol–water partition coefficient (Wildman–Crippen LogP) is 16.2. The van der Waals surface area contributed by atoms with Gasteiger partial charge in [0.2, 0.25) is 0 Å². The van der Waals surface area contributed by atoms with Gasteiger partial charge < -0.3 is 4.90 Å². The van der Waals surface area contributed by atoms with E-state index in [1.54, 1.807) is 0 Å². The summed E-state index contributed by atoms with van der Waals surface area (Å²) in [5.74, 6) is 0. The fourth-order valence-electron chi connectivity index (χ4n) is 9.23. The number of benzene rings is 9. The van der Waals surface area contributed by atoms with Gasteiger partial charge in [-0.15, -0.1) is 0 Å². The second kappa shape index (κ2) is 14.5. The molecule has 9 aromatic carbocycles. The first-order valence-corrected chi connectivity index (χ1v) is 20.8. The maximum atomic E-state index is 2.47. The molecule has 0 spiro atoms. The van der Waals surface area contributed by atoms with E-state index in [1.165, 1.54) is 77.5 Å². The van der Waals surface area contributed by atoms with Gasteiger partial charge in [-0.2, -0.15) is 0 Å². The lowest BCUT2D eigenvalue weighted by atomic mass is 9.55. The Morgan fingerprint density at radius 1 is 0.305 bits per heavy atom. The van der Waals surface area contributed by atoms with Gasteiger partial charge in [-0.25, -0.2) is 0 Å². The summed E-state index contributed by atoms with van der Waals surface area (Å²) in [5.41, 5.74) is 18.4. The molecule has 1 heteroatoms. The Morgan fingerprint density at radius 2 is 0.763 bits per heavy atom. The molecule has 0 bridgehead atoms. The van der Waals surface area contributed by atoms with Crippen LogP contribution >= 0.6 is 0 Å². The molecular weight excluding hydrogens is 711 g/mol. The van der Waals surface area contributed by atoms with Gasteiger partial charge in [0.05, 0.1) is 0 Å². The van der Waals surface area contributed by atoms with Crippen molar-refractivity contribution in [3.8, 4) is 55.6 Å². The zero-order chi connectivity index (χ0) is 40.1. The molecule has 0 saturated carbocycles. The molecule has 0 unspecified atom stereocenters. The summed E-state index contributed by atoms with van der Waals surface area (Å²) in [5, 5.41) is 2.61. The van der Waals surface area contributed by atoms with Gasteiger partial charge in [0.1, 0.15) is 0 Å². The molecule has 0 heterocycles. The van der Waals surface area contributed by atoms with E-state index >= 15 is 0 Å². The summed E-state index contributed by atoms with van der Waals surface area (Å²) in [7, 11) is 0. The molecule has 0 aliphatic heterocycles. The number of hydrogen-bond donors (Lipinski definition) is 0. The predicted molar refractivity (Wildman–Crippen MR) is 252 cm³/mol. The van der Waals surface area contributed by atoms with Crippen molar-refractivity contribution in [3.05, 3.63) is 223 Å². The van der Waals surface area contributed by atoms with E-state index in [0.717, 1.165) is 17.1 Å². The molecule has 0 fully saturated rings. The van der Waals surface area contributed by atoms with Crippen LogP contribution < -0.4 is 4.90 Å². The Hall–Kier alpha value is -6.96. The van der Waals surface area contributed by atoms with Crippen LogP contribution in [-0.4, -0.2) is 0 Å². The summed E-state index contributed by atoms with van der Waals surface area (Å²) in [6.07, 6.45) is 0. The summed E-state index contributed by atoms with van der Waals surface area (Å²) >= 11 is 0. The van der Waals surface area contributed by atoms with Crippen LogP contribution in [0.25, 0.3) is 66.4 Å². The minimum absolute atomic E-state index is 0.0719. The van der Waals surface area contributed by atoms with Crippen LogP contribution in [0.15, 0.2) is 212 Å². The van der Waals surface area contributed by atoms with E-state index in [0.29, 0.717) is 0 Å². The topological polar surface area (TPSA) is 3.24 Å². The molecule has 0 radical (unpaired) electrons. The van der Waals surface area contributed by atoms with Gasteiger partial charge in [0.25, 0.3) is 0 Å². The van der Waals surface area contributed by atoms with Gasteiger partial charge in [0.15, 0.2) is 0 Å². The molecule has 10 rings (SSSR count). The second-order valence-corrected chi connectivity index (χ2v) is 17.0. The standard InChI is InChI=1S/C58H47N/c1-57(2)54-36-30-44-19-11-12-24-52(44)56(54)53-35-29-48(39-55(53)58(57,3)4)47-22-14-23-51(38-47)59(49-31-25-42(26-32-49)40-15-7-5-8-16-40)50-33-27-43(28-34-50)46-21-13-20-45(37-46)41-17-9-6-10-18-41/h5-39H,1-4H3. The maximum Gasteiger partial charge on any atom is 0.0467 e. The molecule has 1 aliphatic rings. The second-order valence-electron chi connectivity index (χ2n) is 17.0. The SMILES string of the molecule is CC1(C)c2cc(-c3cccc(N(c4ccc(-c5ccccc5)cc4)c4ccc(-c5cccc(-c6ccccc6)c5)cc4)c3)ccc2-c2c(ccc3ccccc23)C1(C)C. The first-order chi connectivity index (χ1) is 28.8. The number of nitrogens with zero attached hydrogens (tertiary/aromatic N) is 1. The van der Waals surface area contributed by atoms with Crippen molar-refractivity contribution in [1.82, 2.24) is 0 Å². The molecule has 9 aromatic rings. The van der Waals surface area contributed by atoms with Crippen molar-refractivity contribution in [2.75, 3.05) is 4.90 Å². The lowest BCUT2D eigenvalue weighted by Gasteiger charge is -2.48. The zero-order valence-corrected chi connectivity index (χ0v) is 34.2. The normalized spacial score (nSPS) is 13.7. The molecule has 59 heavy (non-hydrogen) atoms. The summed E-state index contributed by atoms with van der Waals surface area (Å²) < 4.78 is 0. The van der Waals surface area contributed by atoms with E-state index in [2.05, 4.69) is 245 Å². The summed E-state index contributed by atoms with van der Waals surface area (Å²) in [4.78, 5) is 2.39. The van der Waals surface area contributed by atoms with E-state index in [-0.39, 0.29) is 10.8 Å². The van der Waals surface area contributed by atoms with Crippen LogP contribution in [0, 0.1) is 0 Å². The lowest BCUT2D eigenvalue weighted by molar-refractivity contribution is 0.299. The van der Waals surface area contributed by atoms with Gasteiger partial charge in [-0.1, -0.05) is 191 Å². The van der Waals surface area contributed by atoms with Crippen molar-refractivity contribution in [3.63, 3.8) is 0 Å². The van der Waals surface area contributed by atoms with E-state index in [9.17, 15) is 0 Å². The third kappa shape index (κ3) is 6.35. The molecule has 0 N–H and O–H groups in total. The van der Waals surface area contributed by atoms with Crippen molar-refractivity contribution >= 4 is 27.8 Å². The highest BCUT2D eigenvalue weighted by Gasteiger charge is 2.46. The lowest BCUT2D eigenvalue weighted by Crippen LogP contribution is -2.43. The molecular formula is C58H47N. The fourth-order valence-corrected chi connectivity index (χ4v) is 9.23. The van der Waals surface area contributed by atoms with Gasteiger partial charge in [0, 0.05) is 17.1 Å². The fraction of sp³-hybridized carbons (Fsp3) is 0.103. The van der Waals surface area contributed by atoms with Crippen molar-refractivity contribution in [1.29, 1.82) is 0 Å². The molecule has 1 aliphatic carbocycles. The quantitative estimate of drug-likeness (QED) is 0.156. The van der Waals surface area contributed by atoms with E-state index in [4.69, 9.17) is 0 Å². The van der Waals surface area contributed by atoms with Crippen LogP contribution in [-0.2, 0) is 10.8 Å². The largest absolute Gasteiger partial charge is 0.310 e. The smallest absolute Gasteiger partial charge is 0.0467 e. The Balaban J connectivity index is 1.06. The Morgan fingerprint density at radius 3 is 1.41 bits per heavy atom. The highest BCUT2D eigenvalue weighted by Crippen LogP contribution is 2.56. The van der Waals surface area contributed by atoms with Crippen molar-refractivity contribution in [2.45, 2.75) is 38.5 Å². The van der Waals surface area contributed by atoms with Gasteiger partial charge >= 0.3 is 0 Å². The number of hydrogen-bond acceptors (Lipinski definition) is 1. The van der Waals surface area contributed by atoms with Crippen LogP contribution in [0.5, 0.6) is 0 Å². The highest BCUT2D eigenvalue weighted by molar-refractivity contribution is 6.01. The zero-order valence-electron chi connectivity index (χ0n) is 34.2. The Bertz CT molecular complexity index is 2960. The van der Waals surface area contributed by atoms with Crippen LogP contribution in [0.2, 0.25) is 0 Å². The molecule has 0 aromatic heterocycles. The minimum Gasteiger partial charge on any atom is -0.310 e. The Kier molecular flexibility index (Phi) is 8.91. The van der Waals surface area contributed by atoms with Crippen LogP contribution in [0.4, 0.5) is 17.1 Å². The molecule has 0 amide bonds. The van der Waals surface area contributed by atoms with E-state index < -0.39 is 0 Å². The van der Waals surface area contributed by atoms with Gasteiger partial charge in [-0.3, -0.25) is 0 Å². The third-order valence-corrected chi connectivity index (χ3v) is 13.2. The average Bonchev–Trinajstić information content (AvgIpc) is 3.29. The number of rotatable bonds is 7.